The number of carbonyl (C=O) groups is 1. The minimum absolute atomic E-state index is 0.00600. The Balaban J connectivity index is 1.44. The third kappa shape index (κ3) is 4.66. The van der Waals surface area contributed by atoms with Crippen molar-refractivity contribution in [2.45, 2.75) is 13.0 Å². The second kappa shape index (κ2) is 8.90. The van der Waals surface area contributed by atoms with E-state index in [4.69, 9.17) is 27.9 Å². The van der Waals surface area contributed by atoms with Crippen LogP contribution >= 0.6 is 23.2 Å². The van der Waals surface area contributed by atoms with Gasteiger partial charge in [-0.2, -0.15) is 0 Å². The van der Waals surface area contributed by atoms with E-state index in [-0.39, 0.29) is 11.9 Å². The fourth-order valence-corrected chi connectivity index (χ4v) is 3.74. The Labute approximate surface area is 185 Å². The monoisotopic (exact) mass is 442 g/mol. The van der Waals surface area contributed by atoms with Crippen LogP contribution in [0.2, 0.25) is 10.0 Å². The number of rotatable bonds is 4. The van der Waals surface area contributed by atoms with Gasteiger partial charge in [-0.25, -0.2) is 9.97 Å². The molecule has 0 bridgehead atoms. The predicted molar refractivity (Wildman–Crippen MR) is 118 cm³/mol. The van der Waals surface area contributed by atoms with Crippen molar-refractivity contribution in [3.8, 4) is 11.6 Å². The molecule has 154 valence electrons. The summed E-state index contributed by atoms with van der Waals surface area (Å²) in [6, 6.07) is 15.9. The van der Waals surface area contributed by atoms with E-state index in [1.165, 1.54) is 6.33 Å². The molecule has 1 fully saturated rings. The van der Waals surface area contributed by atoms with E-state index >= 15 is 0 Å². The standard InChI is InChI=1S/C22H20Cl2N4O2/c1-15-13-27(9-10-28(15)22(29)16-5-7-17(23)8-6-16)20-12-21(26-14-25-20)30-19-4-2-3-18(24)11-19/h2-8,11-12,14-15H,9-10,13H2,1H3. The average molecular weight is 443 g/mol. The molecule has 30 heavy (non-hydrogen) atoms. The molecule has 1 aromatic heterocycles. The highest BCUT2D eigenvalue weighted by Gasteiger charge is 2.29. The smallest absolute Gasteiger partial charge is 0.254 e. The van der Waals surface area contributed by atoms with Gasteiger partial charge in [0.1, 0.15) is 17.9 Å². The quantitative estimate of drug-likeness (QED) is 0.573. The summed E-state index contributed by atoms with van der Waals surface area (Å²) in [4.78, 5) is 25.4. The van der Waals surface area contributed by atoms with E-state index in [1.54, 1.807) is 42.5 Å². The molecule has 1 aliphatic heterocycles. The van der Waals surface area contributed by atoms with Gasteiger partial charge in [-0.3, -0.25) is 4.79 Å². The Morgan fingerprint density at radius 3 is 2.57 bits per heavy atom. The molecular formula is C22H20Cl2N4O2. The van der Waals surface area contributed by atoms with E-state index in [0.717, 1.165) is 5.82 Å². The Morgan fingerprint density at radius 2 is 1.83 bits per heavy atom. The van der Waals surface area contributed by atoms with Crippen LogP contribution in [0.15, 0.2) is 60.9 Å². The highest BCUT2D eigenvalue weighted by Crippen LogP contribution is 2.26. The van der Waals surface area contributed by atoms with Crippen molar-refractivity contribution in [1.82, 2.24) is 14.9 Å². The Kier molecular flexibility index (Phi) is 6.06. The lowest BCUT2D eigenvalue weighted by Gasteiger charge is -2.40. The van der Waals surface area contributed by atoms with Crippen LogP contribution < -0.4 is 9.64 Å². The molecule has 0 radical (unpaired) electrons. The molecule has 6 nitrogen and oxygen atoms in total. The molecule has 0 spiro atoms. The van der Waals surface area contributed by atoms with Gasteiger partial charge >= 0.3 is 0 Å². The van der Waals surface area contributed by atoms with Crippen LogP contribution in [0.1, 0.15) is 17.3 Å². The summed E-state index contributed by atoms with van der Waals surface area (Å²) in [5.41, 5.74) is 0.638. The molecule has 4 rings (SSSR count). The SMILES string of the molecule is CC1CN(c2cc(Oc3cccc(Cl)c3)ncn2)CCN1C(=O)c1ccc(Cl)cc1. The van der Waals surface area contributed by atoms with Gasteiger partial charge in [-0.05, 0) is 49.4 Å². The zero-order valence-corrected chi connectivity index (χ0v) is 17.8. The van der Waals surface area contributed by atoms with E-state index in [0.29, 0.717) is 46.9 Å². The maximum atomic E-state index is 12.9. The van der Waals surface area contributed by atoms with Gasteiger partial charge in [0, 0.05) is 47.4 Å². The summed E-state index contributed by atoms with van der Waals surface area (Å²) in [6.45, 7) is 3.95. The molecule has 1 aliphatic rings. The molecule has 1 amide bonds. The van der Waals surface area contributed by atoms with Crippen molar-refractivity contribution in [2.24, 2.45) is 0 Å². The molecule has 2 heterocycles. The van der Waals surface area contributed by atoms with Gasteiger partial charge in [-0.1, -0.05) is 29.3 Å². The normalized spacial score (nSPS) is 16.4. The van der Waals surface area contributed by atoms with Crippen molar-refractivity contribution >= 4 is 34.9 Å². The second-order valence-electron chi connectivity index (χ2n) is 7.07. The van der Waals surface area contributed by atoms with Crippen LogP contribution in [0.5, 0.6) is 11.6 Å². The molecular weight excluding hydrogens is 423 g/mol. The maximum absolute atomic E-state index is 12.9. The van der Waals surface area contributed by atoms with E-state index in [9.17, 15) is 4.79 Å². The highest BCUT2D eigenvalue weighted by atomic mass is 35.5. The lowest BCUT2D eigenvalue weighted by Crippen LogP contribution is -2.54. The van der Waals surface area contributed by atoms with E-state index in [2.05, 4.69) is 14.9 Å². The largest absolute Gasteiger partial charge is 0.439 e. The van der Waals surface area contributed by atoms with Gasteiger partial charge < -0.3 is 14.5 Å². The molecule has 1 unspecified atom stereocenters. The number of benzene rings is 2. The number of anilines is 1. The van der Waals surface area contributed by atoms with Gasteiger partial charge in [0.05, 0.1) is 0 Å². The van der Waals surface area contributed by atoms with Crippen LogP contribution in [-0.4, -0.2) is 46.5 Å². The predicted octanol–water partition coefficient (Wildman–Crippen LogP) is 4.93. The number of carbonyl (C=O) groups excluding carboxylic acids is 1. The third-order valence-corrected chi connectivity index (χ3v) is 5.44. The van der Waals surface area contributed by atoms with Crippen LogP contribution in [0.3, 0.4) is 0 Å². The minimum Gasteiger partial charge on any atom is -0.439 e. The first-order valence-electron chi connectivity index (χ1n) is 9.56. The number of piperazine rings is 1. The van der Waals surface area contributed by atoms with Crippen LogP contribution in [0, 0.1) is 0 Å². The zero-order chi connectivity index (χ0) is 21.1. The maximum Gasteiger partial charge on any atom is 0.254 e. The number of hydrogen-bond donors (Lipinski definition) is 0. The van der Waals surface area contributed by atoms with Crippen LogP contribution in [-0.2, 0) is 0 Å². The molecule has 1 saturated heterocycles. The molecule has 3 aromatic rings. The molecule has 1 atom stereocenters. The van der Waals surface area contributed by atoms with Gasteiger partial charge in [-0.15, -0.1) is 0 Å². The summed E-state index contributed by atoms with van der Waals surface area (Å²) in [7, 11) is 0. The van der Waals surface area contributed by atoms with Crippen LogP contribution in [0.4, 0.5) is 5.82 Å². The number of amides is 1. The summed E-state index contributed by atoms with van der Waals surface area (Å²) < 4.78 is 5.81. The summed E-state index contributed by atoms with van der Waals surface area (Å²) >= 11 is 11.9. The van der Waals surface area contributed by atoms with Crippen LogP contribution in [0.25, 0.3) is 0 Å². The second-order valence-corrected chi connectivity index (χ2v) is 7.95. The number of hydrogen-bond acceptors (Lipinski definition) is 5. The van der Waals surface area contributed by atoms with E-state index in [1.807, 2.05) is 24.0 Å². The van der Waals surface area contributed by atoms with Gasteiger partial charge in [0.15, 0.2) is 0 Å². The van der Waals surface area contributed by atoms with Crippen molar-refractivity contribution in [3.05, 3.63) is 76.5 Å². The zero-order valence-electron chi connectivity index (χ0n) is 16.3. The average Bonchev–Trinajstić information content (AvgIpc) is 2.74. The van der Waals surface area contributed by atoms with Gasteiger partial charge in [0.2, 0.25) is 5.88 Å². The first-order valence-corrected chi connectivity index (χ1v) is 10.3. The number of aromatic nitrogens is 2. The van der Waals surface area contributed by atoms with E-state index < -0.39 is 0 Å². The highest BCUT2D eigenvalue weighted by molar-refractivity contribution is 6.31. The summed E-state index contributed by atoms with van der Waals surface area (Å²) in [5, 5.41) is 1.21. The molecule has 0 aliphatic carbocycles. The number of ether oxygens (including phenoxy) is 1. The Morgan fingerprint density at radius 1 is 1.03 bits per heavy atom. The third-order valence-electron chi connectivity index (χ3n) is 4.95. The van der Waals surface area contributed by atoms with Crippen molar-refractivity contribution < 1.29 is 9.53 Å². The van der Waals surface area contributed by atoms with Crippen molar-refractivity contribution in [1.29, 1.82) is 0 Å². The first kappa shape index (κ1) is 20.4. The molecule has 0 saturated carbocycles. The minimum atomic E-state index is 0.00600. The van der Waals surface area contributed by atoms with Gasteiger partial charge in [0.25, 0.3) is 5.91 Å². The summed E-state index contributed by atoms with van der Waals surface area (Å²) in [5.74, 6) is 1.81. The number of nitrogens with zero attached hydrogens (tertiary/aromatic N) is 4. The first-order chi connectivity index (χ1) is 14.5. The topological polar surface area (TPSA) is 58.6 Å². The fourth-order valence-electron chi connectivity index (χ4n) is 3.44. The molecule has 8 heteroatoms. The molecule has 0 N–H and O–H groups in total. The summed E-state index contributed by atoms with van der Waals surface area (Å²) in [6.07, 6.45) is 1.48. The molecule has 2 aromatic carbocycles. The Bertz CT molecular complexity index is 1050. The fraction of sp³-hybridized carbons (Fsp3) is 0.227. The Hall–Kier alpha value is -2.83. The van der Waals surface area contributed by atoms with Crippen molar-refractivity contribution in [2.75, 3.05) is 24.5 Å². The number of halogens is 2. The lowest BCUT2D eigenvalue weighted by atomic mass is 10.1. The van der Waals surface area contributed by atoms with Crippen molar-refractivity contribution in [3.63, 3.8) is 0 Å². The lowest BCUT2D eigenvalue weighted by molar-refractivity contribution is 0.0673.